The maximum Gasteiger partial charge on any atom is 0.125 e. The molecule has 2 aromatic rings. The van der Waals surface area contributed by atoms with E-state index >= 15 is 0 Å². The van der Waals surface area contributed by atoms with Crippen molar-refractivity contribution in [2.45, 2.75) is 34.6 Å². The molecular weight excluding hydrogens is 274 g/mol. The normalized spacial score (nSPS) is 9.77. The Kier molecular flexibility index (Phi) is 6.29. The zero-order valence-corrected chi connectivity index (χ0v) is 14.7. The minimum absolute atomic E-state index is 0.843. The smallest absolute Gasteiger partial charge is 0.125 e. The summed E-state index contributed by atoms with van der Waals surface area (Å²) in [5.74, 6) is 1.72. The summed E-state index contributed by atoms with van der Waals surface area (Å²) in [4.78, 5) is 0. The van der Waals surface area contributed by atoms with Crippen molar-refractivity contribution in [2.75, 3.05) is 20.0 Å². The van der Waals surface area contributed by atoms with Gasteiger partial charge >= 0.3 is 0 Å². The molecule has 2 aromatic carbocycles. The second-order valence-electron chi connectivity index (χ2n) is 5.49. The van der Waals surface area contributed by atoms with E-state index in [4.69, 9.17) is 15.2 Å². The molecule has 2 rings (SSSR count). The van der Waals surface area contributed by atoms with Gasteiger partial charge in [0, 0.05) is 11.8 Å². The highest BCUT2D eigenvalue weighted by atomic mass is 16.5. The minimum atomic E-state index is 0.843. The van der Waals surface area contributed by atoms with Gasteiger partial charge in [-0.3, -0.25) is 0 Å². The zero-order chi connectivity index (χ0) is 16.9. The van der Waals surface area contributed by atoms with Crippen molar-refractivity contribution in [3.8, 4) is 11.5 Å². The number of hydrogen-bond donors (Lipinski definition) is 1. The fourth-order valence-electron chi connectivity index (χ4n) is 2.10. The van der Waals surface area contributed by atoms with E-state index in [2.05, 4.69) is 26.8 Å². The molecule has 22 heavy (non-hydrogen) atoms. The van der Waals surface area contributed by atoms with Crippen molar-refractivity contribution in [3.63, 3.8) is 0 Å². The first-order valence-corrected chi connectivity index (χ1v) is 7.33. The number of hydrogen-bond acceptors (Lipinski definition) is 3. The van der Waals surface area contributed by atoms with Gasteiger partial charge in [-0.15, -0.1) is 0 Å². The molecule has 0 radical (unpaired) electrons. The van der Waals surface area contributed by atoms with E-state index in [0.717, 1.165) is 17.2 Å². The fourth-order valence-corrected chi connectivity index (χ4v) is 2.10. The standard InChI is InChI=1S/C10H14O2.C9H13N/c1-7-5-9(11-3)6-10(12-4)8(7)2;1-6-4-5-9(10)8(3)7(6)2/h5-6H,1-4H3;4-5H,10H2,1-3H3. The molecule has 0 fully saturated rings. The van der Waals surface area contributed by atoms with Crippen LogP contribution in [0.2, 0.25) is 0 Å². The first kappa shape index (κ1) is 17.9. The first-order chi connectivity index (χ1) is 10.3. The minimum Gasteiger partial charge on any atom is -0.497 e. The van der Waals surface area contributed by atoms with Gasteiger partial charge in [0.15, 0.2) is 0 Å². The number of nitrogen functional groups attached to an aromatic ring is 1. The Morgan fingerprint density at radius 2 is 1.36 bits per heavy atom. The molecule has 0 aliphatic heterocycles. The molecule has 0 saturated heterocycles. The van der Waals surface area contributed by atoms with Crippen LogP contribution in [0.1, 0.15) is 27.8 Å². The Morgan fingerprint density at radius 1 is 0.727 bits per heavy atom. The third-order valence-electron chi connectivity index (χ3n) is 4.15. The fraction of sp³-hybridized carbons (Fsp3) is 0.368. The topological polar surface area (TPSA) is 44.5 Å². The quantitative estimate of drug-likeness (QED) is 0.830. The van der Waals surface area contributed by atoms with Gasteiger partial charge in [-0.05, 0) is 74.6 Å². The molecule has 2 N–H and O–H groups in total. The zero-order valence-electron chi connectivity index (χ0n) is 14.7. The van der Waals surface area contributed by atoms with Crippen molar-refractivity contribution in [2.24, 2.45) is 0 Å². The molecule has 3 nitrogen and oxygen atoms in total. The van der Waals surface area contributed by atoms with Crippen LogP contribution in [0.25, 0.3) is 0 Å². The Bertz CT molecular complexity index is 621. The number of benzene rings is 2. The maximum atomic E-state index is 5.69. The van der Waals surface area contributed by atoms with Gasteiger partial charge in [-0.2, -0.15) is 0 Å². The van der Waals surface area contributed by atoms with Gasteiger partial charge in [0.1, 0.15) is 11.5 Å². The highest BCUT2D eigenvalue weighted by Crippen LogP contribution is 2.27. The van der Waals surface area contributed by atoms with Crippen LogP contribution in [0.4, 0.5) is 5.69 Å². The van der Waals surface area contributed by atoms with Crippen molar-refractivity contribution >= 4 is 5.69 Å². The summed E-state index contributed by atoms with van der Waals surface area (Å²) >= 11 is 0. The van der Waals surface area contributed by atoms with Crippen LogP contribution in [0.5, 0.6) is 11.5 Å². The van der Waals surface area contributed by atoms with Crippen molar-refractivity contribution in [1.82, 2.24) is 0 Å². The molecule has 0 aromatic heterocycles. The van der Waals surface area contributed by atoms with Gasteiger partial charge in [-0.25, -0.2) is 0 Å². The first-order valence-electron chi connectivity index (χ1n) is 7.33. The predicted octanol–water partition coefficient (Wildman–Crippen LogP) is 4.51. The third kappa shape index (κ3) is 4.17. The molecule has 0 atom stereocenters. The lowest BCUT2D eigenvalue weighted by Gasteiger charge is -2.09. The van der Waals surface area contributed by atoms with Gasteiger partial charge in [-0.1, -0.05) is 6.07 Å². The summed E-state index contributed by atoms with van der Waals surface area (Å²) in [6, 6.07) is 7.90. The van der Waals surface area contributed by atoms with Gasteiger partial charge in [0.2, 0.25) is 0 Å². The summed E-state index contributed by atoms with van der Waals surface area (Å²) in [6.45, 7) is 10.3. The van der Waals surface area contributed by atoms with E-state index in [-0.39, 0.29) is 0 Å². The van der Waals surface area contributed by atoms with Gasteiger partial charge in [0.25, 0.3) is 0 Å². The molecule has 0 heterocycles. The Hall–Kier alpha value is -2.16. The number of aryl methyl sites for hydroxylation is 2. The van der Waals surface area contributed by atoms with Crippen molar-refractivity contribution in [1.29, 1.82) is 0 Å². The monoisotopic (exact) mass is 301 g/mol. The van der Waals surface area contributed by atoms with Crippen LogP contribution in [0.3, 0.4) is 0 Å². The lowest BCUT2D eigenvalue weighted by atomic mass is 10.0. The van der Waals surface area contributed by atoms with E-state index in [0.29, 0.717) is 0 Å². The largest absolute Gasteiger partial charge is 0.497 e. The van der Waals surface area contributed by atoms with Crippen molar-refractivity contribution in [3.05, 3.63) is 52.1 Å². The maximum absolute atomic E-state index is 5.69. The highest BCUT2D eigenvalue weighted by molar-refractivity contribution is 5.52. The molecule has 3 heteroatoms. The van der Waals surface area contributed by atoms with Crippen LogP contribution in [0, 0.1) is 34.6 Å². The molecule has 120 valence electrons. The Labute approximate surface area is 134 Å². The van der Waals surface area contributed by atoms with E-state index in [1.807, 2.05) is 32.0 Å². The summed E-state index contributed by atoms with van der Waals surface area (Å²) in [5.41, 5.74) is 12.8. The van der Waals surface area contributed by atoms with E-state index in [1.54, 1.807) is 14.2 Å². The lowest BCUT2D eigenvalue weighted by Crippen LogP contribution is -1.93. The van der Waals surface area contributed by atoms with E-state index in [1.165, 1.54) is 27.8 Å². The number of rotatable bonds is 2. The lowest BCUT2D eigenvalue weighted by molar-refractivity contribution is 0.391. The molecule has 0 bridgehead atoms. The average molecular weight is 301 g/mol. The average Bonchev–Trinajstić information content (AvgIpc) is 2.52. The predicted molar refractivity (Wildman–Crippen MR) is 94.1 cm³/mol. The van der Waals surface area contributed by atoms with Crippen LogP contribution in [-0.2, 0) is 0 Å². The molecule has 0 spiro atoms. The summed E-state index contributed by atoms with van der Waals surface area (Å²) in [6.07, 6.45) is 0. The van der Waals surface area contributed by atoms with Crippen LogP contribution in [0.15, 0.2) is 24.3 Å². The summed E-state index contributed by atoms with van der Waals surface area (Å²) < 4.78 is 10.3. The second-order valence-corrected chi connectivity index (χ2v) is 5.49. The molecule has 0 unspecified atom stereocenters. The molecule has 0 amide bonds. The molecule has 0 aliphatic rings. The second kappa shape index (κ2) is 7.74. The van der Waals surface area contributed by atoms with Gasteiger partial charge < -0.3 is 15.2 Å². The molecule has 0 saturated carbocycles. The number of methoxy groups -OCH3 is 2. The summed E-state index contributed by atoms with van der Waals surface area (Å²) in [7, 11) is 3.32. The number of ether oxygens (including phenoxy) is 2. The van der Waals surface area contributed by atoms with Crippen LogP contribution in [-0.4, -0.2) is 14.2 Å². The Morgan fingerprint density at radius 3 is 1.86 bits per heavy atom. The van der Waals surface area contributed by atoms with Crippen LogP contribution < -0.4 is 15.2 Å². The third-order valence-corrected chi connectivity index (χ3v) is 4.15. The van der Waals surface area contributed by atoms with Crippen LogP contribution >= 0.6 is 0 Å². The Balaban J connectivity index is 0.000000224. The van der Waals surface area contributed by atoms with E-state index in [9.17, 15) is 0 Å². The van der Waals surface area contributed by atoms with Gasteiger partial charge in [0.05, 0.1) is 14.2 Å². The number of anilines is 1. The molecular formula is C19H27NO2. The van der Waals surface area contributed by atoms with Crippen molar-refractivity contribution < 1.29 is 9.47 Å². The molecule has 0 aliphatic carbocycles. The van der Waals surface area contributed by atoms with E-state index < -0.39 is 0 Å². The highest BCUT2D eigenvalue weighted by Gasteiger charge is 2.03. The summed E-state index contributed by atoms with van der Waals surface area (Å²) in [5, 5.41) is 0. The SMILES string of the molecule is COc1cc(C)c(C)c(OC)c1.Cc1ccc(N)c(C)c1C. The number of nitrogens with two attached hydrogens (primary N) is 1.